The molecule has 0 aromatic carbocycles. The van der Waals surface area contributed by atoms with Crippen LogP contribution in [0.1, 0.15) is 19.4 Å². The summed E-state index contributed by atoms with van der Waals surface area (Å²) >= 11 is 0. The van der Waals surface area contributed by atoms with Crippen LogP contribution in [0.2, 0.25) is 0 Å². The average molecular weight is 194 g/mol. The highest BCUT2D eigenvalue weighted by molar-refractivity contribution is 5.04. The van der Waals surface area contributed by atoms with E-state index >= 15 is 0 Å². The first kappa shape index (κ1) is 10.5. The van der Waals surface area contributed by atoms with Crippen molar-refractivity contribution in [1.82, 2.24) is 9.55 Å². The normalized spacial score (nSPS) is 11.0. The summed E-state index contributed by atoms with van der Waals surface area (Å²) in [5.41, 5.74) is -0.00590. The Bertz CT molecular complexity index is 440. The maximum atomic E-state index is 11.3. The summed E-state index contributed by atoms with van der Waals surface area (Å²) in [6.45, 7) is 4.27. The molecule has 1 N–H and O–H groups in total. The Balaban J connectivity index is 3.17. The Kier molecular flexibility index (Phi) is 3.45. The molecule has 0 aliphatic rings. The van der Waals surface area contributed by atoms with Crippen molar-refractivity contribution in [3.05, 3.63) is 44.8 Å². The van der Waals surface area contributed by atoms with Crippen LogP contribution in [0, 0.1) is 0 Å². The highest BCUT2D eigenvalue weighted by Crippen LogP contribution is 1.89. The molecule has 0 radical (unpaired) electrons. The molecule has 0 fully saturated rings. The number of hydrogen-bond acceptors (Lipinski definition) is 2. The molecule has 14 heavy (non-hydrogen) atoms. The van der Waals surface area contributed by atoms with E-state index in [1.165, 1.54) is 4.57 Å². The lowest BCUT2D eigenvalue weighted by Gasteiger charge is -2.02. The van der Waals surface area contributed by atoms with Crippen molar-refractivity contribution < 1.29 is 0 Å². The van der Waals surface area contributed by atoms with E-state index in [-0.39, 0.29) is 11.2 Å². The number of aromatic nitrogens is 2. The molecule has 0 saturated carbocycles. The van der Waals surface area contributed by atoms with Crippen molar-refractivity contribution in [3.8, 4) is 0 Å². The SMILES string of the molecule is C/C=C/Cn1cc(CC)c(=O)[nH]c1=O. The number of aromatic amines is 1. The molecule has 0 unspecified atom stereocenters. The molecule has 0 spiro atoms. The van der Waals surface area contributed by atoms with Gasteiger partial charge >= 0.3 is 5.69 Å². The first-order valence-corrected chi connectivity index (χ1v) is 4.62. The quantitative estimate of drug-likeness (QED) is 0.719. The fourth-order valence-corrected chi connectivity index (χ4v) is 1.16. The second-order valence-electron chi connectivity index (χ2n) is 2.99. The zero-order valence-electron chi connectivity index (χ0n) is 8.41. The van der Waals surface area contributed by atoms with Crippen LogP contribution in [0.4, 0.5) is 0 Å². The molecule has 1 aromatic heterocycles. The van der Waals surface area contributed by atoms with Crippen molar-refractivity contribution >= 4 is 0 Å². The molecule has 0 atom stereocenters. The van der Waals surface area contributed by atoms with E-state index in [1.807, 2.05) is 26.0 Å². The monoisotopic (exact) mass is 194 g/mol. The second kappa shape index (κ2) is 4.60. The van der Waals surface area contributed by atoms with E-state index < -0.39 is 0 Å². The van der Waals surface area contributed by atoms with Crippen molar-refractivity contribution in [2.75, 3.05) is 0 Å². The first-order chi connectivity index (χ1) is 6.69. The van der Waals surface area contributed by atoms with Crippen LogP contribution < -0.4 is 11.2 Å². The fraction of sp³-hybridized carbons (Fsp3) is 0.400. The lowest BCUT2D eigenvalue weighted by atomic mass is 10.2. The van der Waals surface area contributed by atoms with Gasteiger partial charge in [0.15, 0.2) is 0 Å². The molecule has 1 heterocycles. The molecule has 0 saturated heterocycles. The van der Waals surface area contributed by atoms with E-state index in [9.17, 15) is 9.59 Å². The highest BCUT2D eigenvalue weighted by Gasteiger charge is 2.00. The van der Waals surface area contributed by atoms with E-state index in [0.29, 0.717) is 18.5 Å². The van der Waals surface area contributed by atoms with Gasteiger partial charge in [-0.25, -0.2) is 4.79 Å². The number of nitrogens with one attached hydrogen (secondary N) is 1. The molecule has 0 bridgehead atoms. The molecule has 4 nitrogen and oxygen atoms in total. The minimum absolute atomic E-state index is 0.283. The van der Waals surface area contributed by atoms with Gasteiger partial charge in [-0.2, -0.15) is 0 Å². The van der Waals surface area contributed by atoms with Crippen molar-refractivity contribution in [3.63, 3.8) is 0 Å². The molecule has 1 aromatic rings. The fourth-order valence-electron chi connectivity index (χ4n) is 1.16. The minimum atomic E-state index is -0.356. The maximum absolute atomic E-state index is 11.3. The highest BCUT2D eigenvalue weighted by atomic mass is 16.2. The van der Waals surface area contributed by atoms with Crippen LogP contribution in [0.5, 0.6) is 0 Å². The standard InChI is InChI=1S/C10H14N2O2/c1-3-5-6-12-7-8(4-2)9(13)11-10(12)14/h3,5,7H,4,6H2,1-2H3,(H,11,13,14)/b5-3+. The molecule has 1 rings (SSSR count). The average Bonchev–Trinajstić information content (AvgIpc) is 2.17. The summed E-state index contributed by atoms with van der Waals surface area (Å²) in [4.78, 5) is 24.8. The number of rotatable bonds is 3. The smallest absolute Gasteiger partial charge is 0.297 e. The molecular formula is C10H14N2O2. The van der Waals surface area contributed by atoms with Gasteiger partial charge < -0.3 is 0 Å². The zero-order chi connectivity index (χ0) is 10.6. The predicted molar refractivity (Wildman–Crippen MR) is 55.5 cm³/mol. The van der Waals surface area contributed by atoms with Crippen molar-refractivity contribution in [1.29, 1.82) is 0 Å². The first-order valence-electron chi connectivity index (χ1n) is 4.62. The molecular weight excluding hydrogens is 180 g/mol. The van der Waals surface area contributed by atoms with Gasteiger partial charge in [0.1, 0.15) is 0 Å². The van der Waals surface area contributed by atoms with Gasteiger partial charge in [0.2, 0.25) is 0 Å². The van der Waals surface area contributed by atoms with E-state index in [1.54, 1.807) is 6.20 Å². The summed E-state index contributed by atoms with van der Waals surface area (Å²) in [5, 5.41) is 0. The molecule has 76 valence electrons. The molecule has 0 aliphatic carbocycles. The van der Waals surface area contributed by atoms with E-state index in [2.05, 4.69) is 4.98 Å². The second-order valence-corrected chi connectivity index (χ2v) is 2.99. The summed E-state index contributed by atoms with van der Waals surface area (Å²) in [7, 11) is 0. The summed E-state index contributed by atoms with van der Waals surface area (Å²) in [6, 6.07) is 0. The summed E-state index contributed by atoms with van der Waals surface area (Å²) < 4.78 is 1.49. The van der Waals surface area contributed by atoms with Gasteiger partial charge in [0.25, 0.3) is 5.56 Å². The Morgan fingerprint density at radius 3 is 2.79 bits per heavy atom. The van der Waals surface area contributed by atoms with Crippen LogP contribution in [-0.2, 0) is 13.0 Å². The minimum Gasteiger partial charge on any atom is -0.297 e. The van der Waals surface area contributed by atoms with Gasteiger partial charge in [-0.15, -0.1) is 0 Å². The van der Waals surface area contributed by atoms with Crippen LogP contribution in [0.25, 0.3) is 0 Å². The van der Waals surface area contributed by atoms with Gasteiger partial charge in [0.05, 0.1) is 0 Å². The number of hydrogen-bond donors (Lipinski definition) is 1. The lowest BCUT2D eigenvalue weighted by Crippen LogP contribution is -2.31. The third kappa shape index (κ3) is 2.22. The van der Waals surface area contributed by atoms with E-state index in [0.717, 1.165) is 0 Å². The Labute approximate surface area is 81.9 Å². The van der Waals surface area contributed by atoms with Crippen LogP contribution in [0.15, 0.2) is 27.9 Å². The molecule has 4 heteroatoms. The molecule has 0 aliphatic heterocycles. The van der Waals surface area contributed by atoms with E-state index in [4.69, 9.17) is 0 Å². The third-order valence-corrected chi connectivity index (χ3v) is 2.00. The zero-order valence-corrected chi connectivity index (χ0v) is 8.41. The van der Waals surface area contributed by atoms with Crippen LogP contribution in [0.3, 0.4) is 0 Å². The maximum Gasteiger partial charge on any atom is 0.328 e. The topological polar surface area (TPSA) is 54.9 Å². The number of H-pyrrole nitrogens is 1. The van der Waals surface area contributed by atoms with Gasteiger partial charge in [-0.3, -0.25) is 14.3 Å². The van der Waals surface area contributed by atoms with Crippen LogP contribution >= 0.6 is 0 Å². The van der Waals surface area contributed by atoms with Crippen molar-refractivity contribution in [2.45, 2.75) is 26.8 Å². The Morgan fingerprint density at radius 1 is 1.50 bits per heavy atom. The number of nitrogens with zero attached hydrogens (tertiary/aromatic N) is 1. The van der Waals surface area contributed by atoms with Gasteiger partial charge in [-0.05, 0) is 13.3 Å². The predicted octanol–water partition coefficient (Wildman–Crippen LogP) is 0.675. The Morgan fingerprint density at radius 2 is 2.21 bits per heavy atom. The largest absolute Gasteiger partial charge is 0.328 e. The Hall–Kier alpha value is -1.58. The van der Waals surface area contributed by atoms with Gasteiger partial charge in [0, 0.05) is 18.3 Å². The van der Waals surface area contributed by atoms with Crippen molar-refractivity contribution in [2.24, 2.45) is 0 Å². The van der Waals surface area contributed by atoms with Crippen LogP contribution in [-0.4, -0.2) is 9.55 Å². The number of aryl methyl sites for hydroxylation is 1. The molecule has 0 amide bonds. The summed E-state index contributed by atoms with van der Waals surface area (Å²) in [5.74, 6) is 0. The summed E-state index contributed by atoms with van der Waals surface area (Å²) in [6.07, 6.45) is 5.97. The lowest BCUT2D eigenvalue weighted by molar-refractivity contribution is 0.721. The third-order valence-electron chi connectivity index (χ3n) is 2.00. The number of allylic oxidation sites excluding steroid dienone is 2. The van der Waals surface area contributed by atoms with Gasteiger partial charge in [-0.1, -0.05) is 19.1 Å².